The molecule has 4 aromatic rings. The van der Waals surface area contributed by atoms with Crippen molar-refractivity contribution in [1.82, 2.24) is 9.78 Å². The van der Waals surface area contributed by atoms with Gasteiger partial charge in [-0.3, -0.25) is 9.48 Å². The summed E-state index contributed by atoms with van der Waals surface area (Å²) in [6.45, 7) is 0.625. The average molecular weight is 369 g/mol. The molecule has 0 saturated heterocycles. The van der Waals surface area contributed by atoms with Gasteiger partial charge < -0.3 is 10.1 Å². The number of aromatic nitrogens is 2. The number of rotatable bonds is 6. The Morgan fingerprint density at radius 3 is 2.21 bits per heavy atom. The van der Waals surface area contributed by atoms with Crippen LogP contribution in [0.2, 0.25) is 0 Å². The van der Waals surface area contributed by atoms with Gasteiger partial charge in [-0.1, -0.05) is 48.5 Å². The van der Waals surface area contributed by atoms with Gasteiger partial charge in [-0.2, -0.15) is 5.10 Å². The van der Waals surface area contributed by atoms with Crippen molar-refractivity contribution in [2.24, 2.45) is 0 Å². The lowest BCUT2D eigenvalue weighted by Gasteiger charge is -2.07. The van der Waals surface area contributed by atoms with E-state index in [4.69, 9.17) is 4.74 Å². The summed E-state index contributed by atoms with van der Waals surface area (Å²) in [5.74, 6) is 1.28. The first-order valence-corrected chi connectivity index (χ1v) is 8.97. The van der Waals surface area contributed by atoms with Crippen molar-refractivity contribution >= 4 is 11.6 Å². The second-order valence-electron chi connectivity index (χ2n) is 6.31. The Kier molecular flexibility index (Phi) is 5.15. The number of anilines is 1. The summed E-state index contributed by atoms with van der Waals surface area (Å²) in [5, 5.41) is 7.15. The van der Waals surface area contributed by atoms with Crippen LogP contribution in [0.25, 0.3) is 0 Å². The number of carbonyl (C=O) groups is 1. The molecular formula is C23H19N3O2. The van der Waals surface area contributed by atoms with Crippen molar-refractivity contribution in [2.45, 2.75) is 6.54 Å². The Morgan fingerprint density at radius 1 is 0.857 bits per heavy atom. The number of carbonyl (C=O) groups excluding carboxylic acids is 1. The zero-order chi connectivity index (χ0) is 19.2. The molecule has 1 heterocycles. The van der Waals surface area contributed by atoms with E-state index >= 15 is 0 Å². The molecule has 0 saturated carbocycles. The Hall–Kier alpha value is -3.86. The number of nitrogens with zero attached hydrogens (tertiary/aromatic N) is 2. The Labute approximate surface area is 163 Å². The molecule has 0 aliphatic carbocycles. The molecule has 3 aromatic carbocycles. The fourth-order valence-electron chi connectivity index (χ4n) is 2.77. The summed E-state index contributed by atoms with van der Waals surface area (Å²) in [6, 6.07) is 26.8. The zero-order valence-corrected chi connectivity index (χ0v) is 15.2. The highest BCUT2D eigenvalue weighted by Gasteiger charge is 2.09. The van der Waals surface area contributed by atoms with E-state index in [1.807, 2.05) is 84.9 Å². The maximum atomic E-state index is 12.5. The molecule has 0 unspecified atom stereocenters. The first-order valence-electron chi connectivity index (χ1n) is 8.97. The zero-order valence-electron chi connectivity index (χ0n) is 15.2. The molecule has 0 bridgehead atoms. The molecule has 0 atom stereocenters. The molecule has 1 aromatic heterocycles. The van der Waals surface area contributed by atoms with E-state index in [9.17, 15) is 4.79 Å². The highest BCUT2D eigenvalue weighted by molar-refractivity contribution is 6.03. The van der Waals surface area contributed by atoms with Gasteiger partial charge in [0, 0.05) is 11.9 Å². The molecule has 28 heavy (non-hydrogen) atoms. The van der Waals surface area contributed by atoms with E-state index in [0.29, 0.717) is 23.5 Å². The first-order chi connectivity index (χ1) is 13.8. The highest BCUT2D eigenvalue weighted by Crippen LogP contribution is 2.22. The predicted molar refractivity (Wildman–Crippen MR) is 109 cm³/mol. The number of para-hydroxylation sites is 1. The molecule has 0 aliphatic heterocycles. The van der Waals surface area contributed by atoms with Crippen LogP contribution in [0.3, 0.4) is 0 Å². The van der Waals surface area contributed by atoms with Crippen LogP contribution in [0.4, 0.5) is 5.69 Å². The van der Waals surface area contributed by atoms with Gasteiger partial charge in [0.1, 0.15) is 11.5 Å². The first kappa shape index (κ1) is 17.5. The van der Waals surface area contributed by atoms with E-state index in [0.717, 1.165) is 11.3 Å². The molecular weight excluding hydrogens is 350 g/mol. The lowest BCUT2D eigenvalue weighted by molar-refractivity contribution is 0.102. The summed E-state index contributed by atoms with van der Waals surface area (Å²) in [7, 11) is 0. The highest BCUT2D eigenvalue weighted by atomic mass is 16.5. The second-order valence-corrected chi connectivity index (χ2v) is 6.31. The van der Waals surface area contributed by atoms with E-state index in [1.165, 1.54) is 0 Å². The lowest BCUT2D eigenvalue weighted by atomic mass is 10.2. The van der Waals surface area contributed by atoms with Gasteiger partial charge in [0.2, 0.25) is 0 Å². The number of hydrogen-bond acceptors (Lipinski definition) is 3. The number of ether oxygens (including phenoxy) is 1. The van der Waals surface area contributed by atoms with Crippen LogP contribution >= 0.6 is 0 Å². The fourth-order valence-corrected chi connectivity index (χ4v) is 2.77. The third kappa shape index (κ3) is 4.45. The van der Waals surface area contributed by atoms with E-state index in [1.54, 1.807) is 17.1 Å². The SMILES string of the molecule is O=C(Nc1ccc(Oc2ccccc2)cc1)c1cnn(Cc2ccccc2)c1. The van der Waals surface area contributed by atoms with Crippen molar-refractivity contribution < 1.29 is 9.53 Å². The Morgan fingerprint density at radius 2 is 1.50 bits per heavy atom. The van der Waals surface area contributed by atoms with Crippen LogP contribution in [-0.4, -0.2) is 15.7 Å². The molecule has 5 nitrogen and oxygen atoms in total. The molecule has 5 heteroatoms. The second kappa shape index (κ2) is 8.22. The molecule has 4 rings (SSSR count). The largest absolute Gasteiger partial charge is 0.457 e. The molecule has 0 radical (unpaired) electrons. The van der Waals surface area contributed by atoms with Crippen molar-refractivity contribution in [3.63, 3.8) is 0 Å². The maximum Gasteiger partial charge on any atom is 0.258 e. The molecule has 0 spiro atoms. The van der Waals surface area contributed by atoms with E-state index in [2.05, 4.69) is 10.4 Å². The van der Waals surface area contributed by atoms with Crippen LogP contribution < -0.4 is 10.1 Å². The summed E-state index contributed by atoms with van der Waals surface area (Å²) in [4.78, 5) is 12.5. The van der Waals surface area contributed by atoms with Crippen LogP contribution in [0.1, 0.15) is 15.9 Å². The van der Waals surface area contributed by atoms with Gasteiger partial charge >= 0.3 is 0 Å². The third-order valence-corrected chi connectivity index (χ3v) is 4.17. The standard InChI is InChI=1S/C23H19N3O2/c27-23(19-15-24-26(17-19)16-18-7-3-1-4-8-18)25-20-11-13-22(14-12-20)28-21-9-5-2-6-10-21/h1-15,17H,16H2,(H,25,27). The minimum atomic E-state index is -0.198. The Balaban J connectivity index is 1.37. The quantitative estimate of drug-likeness (QED) is 0.522. The maximum absolute atomic E-state index is 12.5. The number of amides is 1. The van der Waals surface area contributed by atoms with E-state index in [-0.39, 0.29) is 5.91 Å². The van der Waals surface area contributed by atoms with Gasteiger partial charge in [0.25, 0.3) is 5.91 Å². The van der Waals surface area contributed by atoms with Gasteiger partial charge in [-0.05, 0) is 42.0 Å². The molecule has 0 fully saturated rings. The summed E-state index contributed by atoms with van der Waals surface area (Å²) < 4.78 is 7.51. The van der Waals surface area contributed by atoms with Crippen LogP contribution in [0.15, 0.2) is 97.3 Å². The van der Waals surface area contributed by atoms with Crippen molar-refractivity contribution in [3.05, 3.63) is 108 Å². The monoisotopic (exact) mass is 369 g/mol. The number of nitrogens with one attached hydrogen (secondary N) is 1. The van der Waals surface area contributed by atoms with Gasteiger partial charge in [0.05, 0.1) is 18.3 Å². The number of benzene rings is 3. The smallest absolute Gasteiger partial charge is 0.258 e. The van der Waals surface area contributed by atoms with Crippen LogP contribution in [0, 0.1) is 0 Å². The molecule has 1 amide bonds. The van der Waals surface area contributed by atoms with Gasteiger partial charge in [-0.25, -0.2) is 0 Å². The normalized spacial score (nSPS) is 10.4. The van der Waals surface area contributed by atoms with Crippen molar-refractivity contribution in [2.75, 3.05) is 5.32 Å². The van der Waals surface area contributed by atoms with Crippen molar-refractivity contribution in [3.8, 4) is 11.5 Å². The molecule has 1 N–H and O–H groups in total. The molecule has 0 aliphatic rings. The average Bonchev–Trinajstić information content (AvgIpc) is 3.20. The summed E-state index contributed by atoms with van der Waals surface area (Å²) >= 11 is 0. The Bertz CT molecular complexity index is 1040. The van der Waals surface area contributed by atoms with Crippen molar-refractivity contribution in [1.29, 1.82) is 0 Å². The molecule has 138 valence electrons. The minimum Gasteiger partial charge on any atom is -0.457 e. The summed E-state index contributed by atoms with van der Waals surface area (Å²) in [6.07, 6.45) is 3.32. The third-order valence-electron chi connectivity index (χ3n) is 4.17. The van der Waals surface area contributed by atoms with Gasteiger partial charge in [-0.15, -0.1) is 0 Å². The minimum absolute atomic E-state index is 0.198. The topological polar surface area (TPSA) is 56.1 Å². The fraction of sp³-hybridized carbons (Fsp3) is 0.0435. The van der Waals surface area contributed by atoms with Crippen LogP contribution in [0.5, 0.6) is 11.5 Å². The number of hydrogen-bond donors (Lipinski definition) is 1. The predicted octanol–water partition coefficient (Wildman–Crippen LogP) is 4.98. The van der Waals surface area contributed by atoms with E-state index < -0.39 is 0 Å². The van der Waals surface area contributed by atoms with Gasteiger partial charge in [0.15, 0.2) is 0 Å². The summed E-state index contributed by atoms with van der Waals surface area (Å²) in [5.41, 5.74) is 2.34. The van der Waals surface area contributed by atoms with Crippen LogP contribution in [-0.2, 0) is 6.54 Å². The lowest BCUT2D eigenvalue weighted by Crippen LogP contribution is -2.11.